The lowest BCUT2D eigenvalue weighted by Gasteiger charge is -2.26. The number of hydrogen-bond acceptors (Lipinski definition) is 6. The molecular weight excluding hydrogens is 276 g/mol. The molecule has 0 unspecified atom stereocenters. The minimum absolute atomic E-state index is 0.0374. The van der Waals surface area contributed by atoms with Gasteiger partial charge in [0, 0.05) is 13.7 Å². The minimum atomic E-state index is -0.924. The van der Waals surface area contributed by atoms with Gasteiger partial charge in [-0.25, -0.2) is 4.79 Å². The van der Waals surface area contributed by atoms with E-state index in [1.165, 1.54) is 11.7 Å². The zero-order chi connectivity index (χ0) is 16.0. The van der Waals surface area contributed by atoms with Crippen LogP contribution in [0, 0.1) is 0 Å². The van der Waals surface area contributed by atoms with Gasteiger partial charge >= 0.3 is 5.69 Å². The first kappa shape index (κ1) is 17.3. The average Bonchev–Trinajstić information content (AvgIpc) is 2.46. The molecule has 21 heavy (non-hydrogen) atoms. The molecule has 8 heteroatoms. The summed E-state index contributed by atoms with van der Waals surface area (Å²) < 4.78 is 6.13. The quantitative estimate of drug-likeness (QED) is 0.524. The van der Waals surface area contributed by atoms with Crippen LogP contribution in [-0.4, -0.2) is 40.5 Å². The van der Waals surface area contributed by atoms with Gasteiger partial charge in [0.15, 0.2) is 0 Å². The normalized spacial score (nSPS) is 11.6. The Hall–Kier alpha value is -1.80. The van der Waals surface area contributed by atoms with Gasteiger partial charge < -0.3 is 20.9 Å². The second-order valence-corrected chi connectivity index (χ2v) is 4.95. The van der Waals surface area contributed by atoms with Gasteiger partial charge in [-0.2, -0.15) is 0 Å². The number of methoxy groups -OCH3 is 1. The van der Waals surface area contributed by atoms with Gasteiger partial charge in [0.05, 0.1) is 18.8 Å². The van der Waals surface area contributed by atoms with E-state index in [1.54, 1.807) is 0 Å². The molecule has 5 N–H and O–H groups in total. The van der Waals surface area contributed by atoms with Crippen molar-refractivity contribution >= 4 is 11.5 Å². The summed E-state index contributed by atoms with van der Waals surface area (Å²) in [6, 6.07) is 0. The summed E-state index contributed by atoms with van der Waals surface area (Å²) >= 11 is 0. The predicted octanol–water partition coefficient (Wildman–Crippen LogP) is -0.272. The topological polar surface area (TPSA) is 122 Å². The van der Waals surface area contributed by atoms with Gasteiger partial charge in [-0.15, -0.1) is 0 Å². The molecule has 0 aromatic carbocycles. The Bertz CT molecular complexity index is 575. The van der Waals surface area contributed by atoms with Crippen molar-refractivity contribution in [1.82, 2.24) is 9.55 Å². The van der Waals surface area contributed by atoms with Gasteiger partial charge in [-0.05, 0) is 12.8 Å². The molecule has 0 saturated carbocycles. The Kier molecular flexibility index (Phi) is 5.98. The van der Waals surface area contributed by atoms with Gasteiger partial charge in [0.1, 0.15) is 11.5 Å². The Morgan fingerprint density at radius 3 is 2.52 bits per heavy atom. The third kappa shape index (κ3) is 4.08. The number of nitrogen functional groups attached to an aromatic ring is 1. The SMILES string of the molecule is CCC(O)(CC)CNc1c(N)n(CCOC)c(=O)[nH]c1=O. The van der Waals surface area contributed by atoms with Gasteiger partial charge in [-0.3, -0.25) is 14.3 Å². The van der Waals surface area contributed by atoms with E-state index in [0.717, 1.165) is 0 Å². The number of aromatic amines is 1. The van der Waals surface area contributed by atoms with Crippen molar-refractivity contribution in [2.24, 2.45) is 0 Å². The zero-order valence-electron chi connectivity index (χ0n) is 12.7. The number of H-pyrrole nitrogens is 1. The number of aliphatic hydroxyl groups is 1. The van der Waals surface area contributed by atoms with Crippen molar-refractivity contribution in [1.29, 1.82) is 0 Å². The lowest BCUT2D eigenvalue weighted by atomic mass is 9.97. The number of ether oxygens (including phenoxy) is 1. The van der Waals surface area contributed by atoms with Crippen molar-refractivity contribution in [3.63, 3.8) is 0 Å². The molecular formula is C13H24N4O4. The maximum absolute atomic E-state index is 11.9. The van der Waals surface area contributed by atoms with Crippen molar-refractivity contribution in [2.45, 2.75) is 38.8 Å². The van der Waals surface area contributed by atoms with Crippen molar-refractivity contribution in [3.8, 4) is 0 Å². The molecule has 0 spiro atoms. The van der Waals surface area contributed by atoms with Crippen molar-refractivity contribution in [3.05, 3.63) is 20.8 Å². The molecule has 0 atom stereocenters. The fraction of sp³-hybridized carbons (Fsp3) is 0.692. The van der Waals surface area contributed by atoms with Crippen molar-refractivity contribution < 1.29 is 9.84 Å². The van der Waals surface area contributed by atoms with Crippen LogP contribution in [0.2, 0.25) is 0 Å². The Balaban J connectivity index is 3.07. The number of aromatic nitrogens is 2. The molecule has 0 radical (unpaired) electrons. The van der Waals surface area contributed by atoms with E-state index >= 15 is 0 Å². The lowest BCUT2D eigenvalue weighted by Crippen LogP contribution is -2.39. The predicted molar refractivity (Wildman–Crippen MR) is 81.6 cm³/mol. The van der Waals surface area contributed by atoms with Crippen LogP contribution in [0.25, 0.3) is 0 Å². The molecule has 0 bridgehead atoms. The number of hydrogen-bond donors (Lipinski definition) is 4. The first-order valence-corrected chi connectivity index (χ1v) is 6.96. The van der Waals surface area contributed by atoms with Gasteiger partial charge in [-0.1, -0.05) is 13.8 Å². The van der Waals surface area contributed by atoms with E-state index in [9.17, 15) is 14.7 Å². The number of nitrogens with two attached hydrogens (primary N) is 1. The number of nitrogens with zero attached hydrogens (tertiary/aromatic N) is 1. The van der Waals surface area contributed by atoms with E-state index in [2.05, 4.69) is 10.3 Å². The van der Waals surface area contributed by atoms with Gasteiger partial charge in [0.25, 0.3) is 5.56 Å². The molecule has 0 amide bonds. The van der Waals surface area contributed by atoms with E-state index < -0.39 is 16.9 Å². The summed E-state index contributed by atoms with van der Waals surface area (Å²) in [5, 5.41) is 13.1. The fourth-order valence-electron chi connectivity index (χ4n) is 1.92. The van der Waals surface area contributed by atoms with Crippen LogP contribution in [0.1, 0.15) is 26.7 Å². The fourth-order valence-corrected chi connectivity index (χ4v) is 1.92. The second-order valence-electron chi connectivity index (χ2n) is 4.95. The molecule has 1 aromatic heterocycles. The maximum Gasteiger partial charge on any atom is 0.330 e. The molecule has 0 aliphatic carbocycles. The highest BCUT2D eigenvalue weighted by Gasteiger charge is 2.23. The van der Waals surface area contributed by atoms with Gasteiger partial charge in [0.2, 0.25) is 0 Å². The highest BCUT2D eigenvalue weighted by atomic mass is 16.5. The molecule has 1 aromatic rings. The average molecular weight is 300 g/mol. The first-order chi connectivity index (χ1) is 9.88. The Morgan fingerprint density at radius 2 is 2.00 bits per heavy atom. The lowest BCUT2D eigenvalue weighted by molar-refractivity contribution is 0.0457. The van der Waals surface area contributed by atoms with Crippen molar-refractivity contribution in [2.75, 3.05) is 31.3 Å². The van der Waals surface area contributed by atoms with Crippen LogP contribution in [0.4, 0.5) is 11.5 Å². The van der Waals surface area contributed by atoms with E-state index in [4.69, 9.17) is 10.5 Å². The molecule has 120 valence electrons. The minimum Gasteiger partial charge on any atom is -0.388 e. The van der Waals surface area contributed by atoms with Crippen LogP contribution in [0.5, 0.6) is 0 Å². The molecule has 8 nitrogen and oxygen atoms in total. The maximum atomic E-state index is 11.9. The molecule has 0 aliphatic rings. The summed E-state index contributed by atoms with van der Waals surface area (Å²) in [5.74, 6) is 0.0374. The molecule has 1 rings (SSSR count). The Morgan fingerprint density at radius 1 is 1.38 bits per heavy atom. The zero-order valence-corrected chi connectivity index (χ0v) is 12.7. The first-order valence-electron chi connectivity index (χ1n) is 6.96. The third-order valence-electron chi connectivity index (χ3n) is 3.67. The highest BCUT2D eigenvalue weighted by molar-refractivity contribution is 5.60. The van der Waals surface area contributed by atoms with Crippen LogP contribution in [0.15, 0.2) is 9.59 Å². The summed E-state index contributed by atoms with van der Waals surface area (Å²) in [6.07, 6.45) is 1.08. The van der Waals surface area contributed by atoms with Crippen LogP contribution < -0.4 is 22.3 Å². The van der Waals surface area contributed by atoms with Crippen LogP contribution >= 0.6 is 0 Å². The van der Waals surface area contributed by atoms with E-state index in [1.807, 2.05) is 13.8 Å². The summed E-state index contributed by atoms with van der Waals surface area (Å²) in [6.45, 7) is 4.42. The standard InChI is InChI=1S/C13H24N4O4/c1-4-13(20,5-2)8-15-9-10(14)17(6-7-21-3)12(19)16-11(9)18/h15,20H,4-8,14H2,1-3H3,(H,16,18,19). The van der Waals surface area contributed by atoms with Crippen LogP contribution in [0.3, 0.4) is 0 Å². The number of anilines is 2. The largest absolute Gasteiger partial charge is 0.388 e. The van der Waals surface area contributed by atoms with Crippen LogP contribution in [-0.2, 0) is 11.3 Å². The number of nitrogens with one attached hydrogen (secondary N) is 2. The monoisotopic (exact) mass is 300 g/mol. The molecule has 0 fully saturated rings. The number of rotatable bonds is 8. The summed E-state index contributed by atoms with van der Waals surface area (Å²) in [7, 11) is 1.51. The van der Waals surface area contributed by atoms with E-state index in [0.29, 0.717) is 19.4 Å². The summed E-state index contributed by atoms with van der Waals surface area (Å²) in [4.78, 5) is 25.8. The third-order valence-corrected chi connectivity index (χ3v) is 3.67. The molecule has 1 heterocycles. The summed E-state index contributed by atoms with van der Waals surface area (Å²) in [5.41, 5.74) is 3.87. The smallest absolute Gasteiger partial charge is 0.330 e. The molecule has 0 saturated heterocycles. The highest BCUT2D eigenvalue weighted by Crippen LogP contribution is 2.17. The van der Waals surface area contributed by atoms with E-state index in [-0.39, 0.29) is 24.6 Å². The molecule has 0 aliphatic heterocycles. The Labute approximate surface area is 122 Å². The second kappa shape index (κ2) is 7.28.